The first kappa shape index (κ1) is 12.1. The summed E-state index contributed by atoms with van der Waals surface area (Å²) in [5, 5.41) is 3.17. The van der Waals surface area contributed by atoms with Gasteiger partial charge in [0.1, 0.15) is 6.04 Å². The van der Waals surface area contributed by atoms with Crippen LogP contribution in [0.3, 0.4) is 0 Å². The van der Waals surface area contributed by atoms with Gasteiger partial charge >= 0.3 is 0 Å². The molecule has 1 rings (SSSR count). The molecular weight excluding hydrogens is 188 g/mol. The van der Waals surface area contributed by atoms with E-state index in [0.717, 1.165) is 31.6 Å². The van der Waals surface area contributed by atoms with E-state index in [1.54, 1.807) is 0 Å². The molecule has 0 spiro atoms. The Kier molecular flexibility index (Phi) is 4.18. The fraction of sp³-hybridized carbons (Fsp3) is 0.750. The van der Waals surface area contributed by atoms with Crippen LogP contribution in [0.1, 0.15) is 33.6 Å². The maximum atomic E-state index is 12.1. The molecule has 1 N–H and O–H groups in total. The Morgan fingerprint density at radius 2 is 1.87 bits per heavy atom. The molecule has 0 aromatic rings. The lowest BCUT2D eigenvalue weighted by Gasteiger charge is -2.27. The molecule has 0 saturated carbocycles. The second-order valence-corrected chi connectivity index (χ2v) is 4.68. The molecule has 1 aliphatic heterocycles. The quantitative estimate of drug-likeness (QED) is 0.767. The van der Waals surface area contributed by atoms with E-state index in [2.05, 4.69) is 25.7 Å². The average molecular weight is 210 g/mol. The van der Waals surface area contributed by atoms with Crippen LogP contribution in [0.5, 0.6) is 0 Å². The molecule has 1 saturated heterocycles. The summed E-state index contributed by atoms with van der Waals surface area (Å²) >= 11 is 0. The topological polar surface area (TPSA) is 32.3 Å². The van der Waals surface area contributed by atoms with E-state index in [1.165, 1.54) is 0 Å². The van der Waals surface area contributed by atoms with E-state index in [9.17, 15) is 4.79 Å². The number of allylic oxidation sites excluding steroid dienone is 1. The SMILES string of the molecule is C=C(C)NC(C(=O)N1CCCC1)C(C)C. The summed E-state index contributed by atoms with van der Waals surface area (Å²) in [4.78, 5) is 14.1. The van der Waals surface area contributed by atoms with Crippen LogP contribution < -0.4 is 5.32 Å². The highest BCUT2D eigenvalue weighted by atomic mass is 16.2. The molecule has 1 aliphatic rings. The van der Waals surface area contributed by atoms with Gasteiger partial charge in [0.2, 0.25) is 5.91 Å². The van der Waals surface area contributed by atoms with Crippen molar-refractivity contribution in [1.29, 1.82) is 0 Å². The van der Waals surface area contributed by atoms with Crippen molar-refractivity contribution in [1.82, 2.24) is 10.2 Å². The van der Waals surface area contributed by atoms with Gasteiger partial charge in [0.15, 0.2) is 0 Å². The minimum absolute atomic E-state index is 0.111. The highest BCUT2D eigenvalue weighted by molar-refractivity contribution is 5.82. The third kappa shape index (κ3) is 3.26. The lowest BCUT2D eigenvalue weighted by atomic mass is 10.0. The van der Waals surface area contributed by atoms with E-state index in [4.69, 9.17) is 0 Å². The minimum Gasteiger partial charge on any atom is -0.378 e. The van der Waals surface area contributed by atoms with Gasteiger partial charge in [-0.05, 0) is 25.7 Å². The van der Waals surface area contributed by atoms with Crippen molar-refractivity contribution < 1.29 is 4.79 Å². The Labute approximate surface area is 92.5 Å². The maximum Gasteiger partial charge on any atom is 0.245 e. The molecular formula is C12H22N2O. The van der Waals surface area contributed by atoms with E-state index in [0.29, 0.717) is 5.92 Å². The van der Waals surface area contributed by atoms with Crippen molar-refractivity contribution in [2.24, 2.45) is 5.92 Å². The Bertz CT molecular complexity index is 242. The van der Waals surface area contributed by atoms with E-state index >= 15 is 0 Å². The Morgan fingerprint density at radius 3 is 2.27 bits per heavy atom. The summed E-state index contributed by atoms with van der Waals surface area (Å²) in [6.45, 7) is 11.7. The van der Waals surface area contributed by atoms with Crippen molar-refractivity contribution in [3.8, 4) is 0 Å². The third-order valence-electron chi connectivity index (χ3n) is 2.75. The first-order valence-corrected chi connectivity index (χ1v) is 5.73. The second kappa shape index (κ2) is 5.19. The van der Waals surface area contributed by atoms with Gasteiger partial charge in [-0.2, -0.15) is 0 Å². The molecule has 0 aromatic carbocycles. The molecule has 86 valence electrons. The highest BCUT2D eigenvalue weighted by Crippen LogP contribution is 2.13. The number of nitrogens with zero attached hydrogens (tertiary/aromatic N) is 1. The lowest BCUT2D eigenvalue weighted by Crippen LogP contribution is -2.47. The van der Waals surface area contributed by atoms with Gasteiger partial charge in [-0.25, -0.2) is 0 Å². The Balaban J connectivity index is 2.61. The molecule has 1 unspecified atom stereocenters. The van der Waals surface area contributed by atoms with Crippen LogP contribution in [0.4, 0.5) is 0 Å². The average Bonchev–Trinajstić information content (AvgIpc) is 2.65. The number of hydrogen-bond acceptors (Lipinski definition) is 2. The summed E-state index contributed by atoms with van der Waals surface area (Å²) < 4.78 is 0. The molecule has 0 bridgehead atoms. The van der Waals surface area contributed by atoms with Crippen LogP contribution in [0, 0.1) is 5.92 Å². The van der Waals surface area contributed by atoms with Crippen LogP contribution >= 0.6 is 0 Å². The number of likely N-dealkylation sites (tertiary alicyclic amines) is 1. The highest BCUT2D eigenvalue weighted by Gasteiger charge is 2.28. The van der Waals surface area contributed by atoms with Gasteiger partial charge in [0, 0.05) is 18.8 Å². The molecule has 1 fully saturated rings. The van der Waals surface area contributed by atoms with Crippen molar-refractivity contribution in [2.75, 3.05) is 13.1 Å². The number of carbonyl (C=O) groups is 1. The molecule has 3 nitrogen and oxygen atoms in total. The summed E-state index contributed by atoms with van der Waals surface area (Å²) in [6.07, 6.45) is 2.28. The molecule has 0 aliphatic carbocycles. The van der Waals surface area contributed by atoms with Crippen LogP contribution in [-0.4, -0.2) is 29.9 Å². The van der Waals surface area contributed by atoms with Crippen LogP contribution in [-0.2, 0) is 4.79 Å². The molecule has 3 heteroatoms. The fourth-order valence-electron chi connectivity index (χ4n) is 1.91. The van der Waals surface area contributed by atoms with Crippen molar-refractivity contribution in [3.63, 3.8) is 0 Å². The molecule has 0 radical (unpaired) electrons. The molecule has 1 atom stereocenters. The van der Waals surface area contributed by atoms with Gasteiger partial charge in [0.25, 0.3) is 0 Å². The van der Waals surface area contributed by atoms with Crippen molar-refractivity contribution >= 4 is 5.91 Å². The van der Waals surface area contributed by atoms with E-state index < -0.39 is 0 Å². The molecule has 15 heavy (non-hydrogen) atoms. The summed E-state index contributed by atoms with van der Waals surface area (Å²) in [6, 6.07) is -0.111. The Morgan fingerprint density at radius 1 is 1.33 bits per heavy atom. The zero-order chi connectivity index (χ0) is 11.4. The summed E-state index contributed by atoms with van der Waals surface area (Å²) in [5.41, 5.74) is 0.862. The Hall–Kier alpha value is -0.990. The van der Waals surface area contributed by atoms with Crippen LogP contribution in [0.25, 0.3) is 0 Å². The van der Waals surface area contributed by atoms with Crippen molar-refractivity contribution in [2.45, 2.75) is 39.7 Å². The van der Waals surface area contributed by atoms with Gasteiger partial charge in [-0.15, -0.1) is 0 Å². The number of hydrogen-bond donors (Lipinski definition) is 1. The number of nitrogens with one attached hydrogen (secondary N) is 1. The third-order valence-corrected chi connectivity index (χ3v) is 2.75. The molecule has 0 aromatic heterocycles. The first-order chi connectivity index (χ1) is 7.02. The normalized spacial score (nSPS) is 18.0. The monoisotopic (exact) mass is 210 g/mol. The van der Waals surface area contributed by atoms with E-state index in [-0.39, 0.29) is 11.9 Å². The zero-order valence-corrected chi connectivity index (χ0v) is 10.0. The van der Waals surface area contributed by atoms with E-state index in [1.807, 2.05) is 11.8 Å². The van der Waals surface area contributed by atoms with Gasteiger partial charge < -0.3 is 10.2 Å². The number of rotatable bonds is 4. The minimum atomic E-state index is -0.111. The van der Waals surface area contributed by atoms with Crippen LogP contribution in [0.15, 0.2) is 12.3 Å². The largest absolute Gasteiger partial charge is 0.378 e. The fourth-order valence-corrected chi connectivity index (χ4v) is 1.91. The predicted molar refractivity (Wildman–Crippen MR) is 62.4 cm³/mol. The number of amides is 1. The predicted octanol–water partition coefficient (Wildman–Crippen LogP) is 1.76. The van der Waals surface area contributed by atoms with Crippen molar-refractivity contribution in [3.05, 3.63) is 12.3 Å². The zero-order valence-electron chi connectivity index (χ0n) is 10.0. The standard InChI is InChI=1S/C12H22N2O/c1-9(2)11(13-10(3)4)12(15)14-7-5-6-8-14/h9,11,13H,3,5-8H2,1-2,4H3. The second-order valence-electron chi connectivity index (χ2n) is 4.68. The van der Waals surface area contributed by atoms with Gasteiger partial charge in [0.05, 0.1) is 0 Å². The molecule has 1 amide bonds. The summed E-state index contributed by atoms with van der Waals surface area (Å²) in [5.74, 6) is 0.528. The first-order valence-electron chi connectivity index (χ1n) is 5.73. The molecule has 1 heterocycles. The van der Waals surface area contributed by atoms with Gasteiger partial charge in [-0.3, -0.25) is 4.79 Å². The summed E-state index contributed by atoms with van der Waals surface area (Å²) in [7, 11) is 0. The van der Waals surface area contributed by atoms with Crippen LogP contribution in [0.2, 0.25) is 0 Å². The smallest absolute Gasteiger partial charge is 0.245 e. The maximum absolute atomic E-state index is 12.1. The lowest BCUT2D eigenvalue weighted by molar-refractivity contribution is -0.133. The number of carbonyl (C=O) groups excluding carboxylic acids is 1. The van der Waals surface area contributed by atoms with Gasteiger partial charge in [-0.1, -0.05) is 20.4 Å².